The molecule has 2 N–H and O–H groups in total. The summed E-state index contributed by atoms with van der Waals surface area (Å²) in [5.41, 5.74) is -0.820. The van der Waals surface area contributed by atoms with Crippen LogP contribution in [-0.4, -0.2) is 60.9 Å². The molecule has 0 aromatic heterocycles. The number of likely N-dealkylation sites (N-methyl/N-ethyl adjacent to an activating group) is 1. The van der Waals surface area contributed by atoms with Gasteiger partial charge in [-0.25, -0.2) is 0 Å². The van der Waals surface area contributed by atoms with Crippen LogP contribution >= 0.6 is 0 Å². The largest absolute Gasteiger partial charge is 0.480 e. The van der Waals surface area contributed by atoms with Gasteiger partial charge in [0.2, 0.25) is 0 Å². The summed E-state index contributed by atoms with van der Waals surface area (Å²) in [5, 5.41) is 12.5. The third-order valence-corrected chi connectivity index (χ3v) is 3.80. The van der Waals surface area contributed by atoms with Crippen LogP contribution in [0, 0.1) is 0 Å². The minimum Gasteiger partial charge on any atom is -0.480 e. The molecule has 5 nitrogen and oxygen atoms in total. The van der Waals surface area contributed by atoms with Gasteiger partial charge in [-0.2, -0.15) is 0 Å². The van der Waals surface area contributed by atoms with Gasteiger partial charge in [0.15, 0.2) is 0 Å². The van der Waals surface area contributed by atoms with E-state index in [-0.39, 0.29) is 0 Å². The Morgan fingerprint density at radius 2 is 2.10 bits per heavy atom. The molecule has 0 aromatic rings. The molecule has 0 amide bonds. The topological polar surface area (TPSA) is 61.8 Å². The first-order chi connectivity index (χ1) is 9.41. The second-order valence-electron chi connectivity index (χ2n) is 5.60. The molecule has 0 radical (unpaired) electrons. The van der Waals surface area contributed by atoms with Crippen LogP contribution in [0.25, 0.3) is 0 Å². The van der Waals surface area contributed by atoms with E-state index >= 15 is 0 Å². The van der Waals surface area contributed by atoms with Gasteiger partial charge in [-0.15, -0.1) is 0 Å². The van der Waals surface area contributed by atoms with Gasteiger partial charge in [0.05, 0.1) is 6.61 Å². The first kappa shape index (κ1) is 19.4. The minimum atomic E-state index is -0.820. The van der Waals surface area contributed by atoms with Gasteiger partial charge in [-0.3, -0.25) is 9.69 Å². The van der Waals surface area contributed by atoms with Crippen LogP contribution < -0.4 is 5.32 Å². The summed E-state index contributed by atoms with van der Waals surface area (Å²) < 4.78 is 5.18. The van der Waals surface area contributed by atoms with Crippen molar-refractivity contribution in [3.63, 3.8) is 0 Å². The first-order valence-electron chi connectivity index (χ1n) is 7.62. The molecule has 0 rings (SSSR count). The van der Waals surface area contributed by atoms with Gasteiger partial charge < -0.3 is 15.2 Å². The van der Waals surface area contributed by atoms with Crippen molar-refractivity contribution in [2.45, 2.75) is 58.5 Å². The summed E-state index contributed by atoms with van der Waals surface area (Å²) in [7, 11) is 1.71. The van der Waals surface area contributed by atoms with Crippen LogP contribution in [0.2, 0.25) is 0 Å². The molecule has 20 heavy (non-hydrogen) atoms. The Hall–Kier alpha value is -0.650. The van der Waals surface area contributed by atoms with Crippen molar-refractivity contribution in [1.29, 1.82) is 0 Å². The van der Waals surface area contributed by atoms with Gasteiger partial charge in [-0.05, 0) is 52.7 Å². The predicted molar refractivity (Wildman–Crippen MR) is 82.2 cm³/mol. The van der Waals surface area contributed by atoms with Crippen LogP contribution in [0.3, 0.4) is 0 Å². The molecule has 0 saturated carbocycles. The number of carboxylic acids is 1. The van der Waals surface area contributed by atoms with Crippen molar-refractivity contribution in [3.8, 4) is 0 Å². The third kappa shape index (κ3) is 6.68. The highest BCUT2D eigenvalue weighted by atomic mass is 16.5. The number of hydrogen-bond acceptors (Lipinski definition) is 4. The molecule has 0 saturated heterocycles. The van der Waals surface area contributed by atoms with Crippen molar-refractivity contribution in [2.24, 2.45) is 0 Å². The molecule has 0 bridgehead atoms. The summed E-state index contributed by atoms with van der Waals surface area (Å²) in [6, 6.07) is 0.365. The fourth-order valence-corrected chi connectivity index (χ4v) is 2.34. The number of nitrogens with zero attached hydrogens (tertiary/aromatic N) is 1. The van der Waals surface area contributed by atoms with Crippen LogP contribution in [0.5, 0.6) is 0 Å². The maximum Gasteiger partial charge on any atom is 0.323 e. The Bertz CT molecular complexity index is 274. The highest BCUT2D eigenvalue weighted by Crippen LogP contribution is 2.14. The SMILES string of the molecule is CCCNC(C)(CCCN(CC)C(C)COC)C(=O)O. The Labute approximate surface area is 123 Å². The van der Waals surface area contributed by atoms with E-state index in [0.717, 1.165) is 32.5 Å². The summed E-state index contributed by atoms with van der Waals surface area (Å²) in [5.74, 6) is -0.765. The molecule has 0 aliphatic rings. The maximum atomic E-state index is 11.4. The Morgan fingerprint density at radius 1 is 1.45 bits per heavy atom. The summed E-state index contributed by atoms with van der Waals surface area (Å²) in [6.07, 6.45) is 2.44. The molecular formula is C15H32N2O3. The average molecular weight is 288 g/mol. The molecule has 0 aliphatic carbocycles. The number of aliphatic carboxylic acids is 1. The summed E-state index contributed by atoms with van der Waals surface area (Å²) >= 11 is 0. The molecular weight excluding hydrogens is 256 g/mol. The highest BCUT2D eigenvalue weighted by molar-refractivity contribution is 5.78. The van der Waals surface area contributed by atoms with E-state index in [2.05, 4.69) is 24.1 Å². The zero-order chi connectivity index (χ0) is 15.6. The third-order valence-electron chi connectivity index (χ3n) is 3.80. The number of nitrogens with one attached hydrogen (secondary N) is 1. The van der Waals surface area contributed by atoms with Crippen molar-refractivity contribution >= 4 is 5.97 Å². The summed E-state index contributed by atoms with van der Waals surface area (Å²) in [4.78, 5) is 13.7. The van der Waals surface area contributed by atoms with E-state index in [1.165, 1.54) is 0 Å². The monoisotopic (exact) mass is 288 g/mol. The van der Waals surface area contributed by atoms with Gasteiger partial charge in [0, 0.05) is 13.2 Å². The number of rotatable bonds is 12. The van der Waals surface area contributed by atoms with Gasteiger partial charge >= 0.3 is 5.97 Å². The normalized spacial score (nSPS) is 16.1. The number of methoxy groups -OCH3 is 1. The zero-order valence-electron chi connectivity index (χ0n) is 13.7. The van der Waals surface area contributed by atoms with Crippen molar-refractivity contribution in [1.82, 2.24) is 10.2 Å². The van der Waals surface area contributed by atoms with Crippen molar-refractivity contribution < 1.29 is 14.6 Å². The number of hydrogen-bond donors (Lipinski definition) is 2. The van der Waals surface area contributed by atoms with E-state index < -0.39 is 11.5 Å². The minimum absolute atomic E-state index is 0.365. The molecule has 2 unspecified atom stereocenters. The Kier molecular flexibility index (Phi) is 9.80. The van der Waals surface area contributed by atoms with E-state index in [4.69, 9.17) is 4.74 Å². The molecule has 5 heteroatoms. The van der Waals surface area contributed by atoms with Crippen molar-refractivity contribution in [2.75, 3.05) is 33.4 Å². The predicted octanol–water partition coefficient (Wildman–Crippen LogP) is 1.97. The smallest absolute Gasteiger partial charge is 0.323 e. The Morgan fingerprint density at radius 3 is 2.55 bits per heavy atom. The zero-order valence-corrected chi connectivity index (χ0v) is 13.7. The second-order valence-corrected chi connectivity index (χ2v) is 5.60. The lowest BCUT2D eigenvalue weighted by Gasteiger charge is -2.30. The fraction of sp³-hybridized carbons (Fsp3) is 0.933. The van der Waals surface area contributed by atoms with Crippen LogP contribution in [-0.2, 0) is 9.53 Å². The lowest BCUT2D eigenvalue weighted by Crippen LogP contribution is -2.50. The lowest BCUT2D eigenvalue weighted by atomic mass is 9.95. The van der Waals surface area contributed by atoms with Crippen LogP contribution in [0.1, 0.15) is 47.0 Å². The van der Waals surface area contributed by atoms with E-state index in [1.807, 2.05) is 6.92 Å². The molecule has 0 aromatic carbocycles. The second kappa shape index (κ2) is 10.1. The van der Waals surface area contributed by atoms with Gasteiger partial charge in [0.25, 0.3) is 0 Å². The van der Waals surface area contributed by atoms with Gasteiger partial charge in [0.1, 0.15) is 5.54 Å². The standard InChI is InChI=1S/C15H32N2O3/c1-6-10-16-15(4,14(18)19)9-8-11-17(7-2)13(3)12-20-5/h13,16H,6-12H2,1-5H3,(H,18,19). The quantitative estimate of drug-likeness (QED) is 0.575. The van der Waals surface area contributed by atoms with E-state index in [9.17, 15) is 9.90 Å². The maximum absolute atomic E-state index is 11.4. The fourth-order valence-electron chi connectivity index (χ4n) is 2.34. The van der Waals surface area contributed by atoms with Crippen LogP contribution in [0.4, 0.5) is 0 Å². The Balaban J connectivity index is 4.30. The molecule has 0 aliphatic heterocycles. The molecule has 120 valence electrons. The number of ether oxygens (including phenoxy) is 1. The van der Waals surface area contributed by atoms with Gasteiger partial charge in [-0.1, -0.05) is 13.8 Å². The van der Waals surface area contributed by atoms with E-state index in [0.29, 0.717) is 19.1 Å². The highest BCUT2D eigenvalue weighted by Gasteiger charge is 2.31. The lowest BCUT2D eigenvalue weighted by molar-refractivity contribution is -0.144. The number of carbonyl (C=O) groups is 1. The van der Waals surface area contributed by atoms with E-state index in [1.54, 1.807) is 14.0 Å². The molecule has 0 fully saturated rings. The molecule has 0 heterocycles. The van der Waals surface area contributed by atoms with Crippen molar-refractivity contribution in [3.05, 3.63) is 0 Å². The first-order valence-corrected chi connectivity index (χ1v) is 7.62. The molecule has 2 atom stereocenters. The molecule has 0 spiro atoms. The average Bonchev–Trinajstić information content (AvgIpc) is 2.41. The van der Waals surface area contributed by atoms with Crippen LogP contribution in [0.15, 0.2) is 0 Å². The summed E-state index contributed by atoms with van der Waals surface area (Å²) in [6.45, 7) is 11.4. The number of carboxylic acid groups (broad SMARTS) is 1.